The standard InChI is InChI=1S/C22H28BrN5O2/c1-27-18(11-25-22(29)14-2-3-14)28(12-13-6-8-30-9-7-13)19-16-5-4-15(23)10-17(16)26-21(24)20(19)27/h4-5,10,13-14,18H,2-3,6-9,11-12H2,1H3,(H2,24,26)(H,25,29). The van der Waals surface area contributed by atoms with E-state index in [4.69, 9.17) is 10.5 Å². The number of carbonyl (C=O) groups is 1. The molecule has 1 amide bonds. The summed E-state index contributed by atoms with van der Waals surface area (Å²) < 4.78 is 6.56. The molecule has 1 saturated carbocycles. The molecule has 2 aromatic rings. The van der Waals surface area contributed by atoms with E-state index in [1.165, 1.54) is 0 Å². The number of aromatic nitrogens is 1. The fourth-order valence-corrected chi connectivity index (χ4v) is 5.07. The van der Waals surface area contributed by atoms with Crippen LogP contribution in [-0.2, 0) is 9.53 Å². The lowest BCUT2D eigenvalue weighted by molar-refractivity contribution is -0.122. The van der Waals surface area contributed by atoms with Gasteiger partial charge in [0, 0.05) is 42.6 Å². The first kappa shape index (κ1) is 19.9. The maximum absolute atomic E-state index is 12.3. The van der Waals surface area contributed by atoms with E-state index in [1.807, 2.05) is 6.07 Å². The number of likely N-dealkylation sites (N-methyl/N-ethyl adjacent to an activating group) is 1. The maximum atomic E-state index is 12.3. The zero-order chi connectivity index (χ0) is 20.8. The molecular formula is C22H28BrN5O2. The highest BCUT2D eigenvalue weighted by Gasteiger charge is 2.39. The van der Waals surface area contributed by atoms with Gasteiger partial charge in [-0.15, -0.1) is 0 Å². The van der Waals surface area contributed by atoms with Gasteiger partial charge in [-0.25, -0.2) is 4.98 Å². The molecular weight excluding hydrogens is 446 g/mol. The number of rotatable bonds is 5. The molecule has 0 radical (unpaired) electrons. The predicted octanol–water partition coefficient (Wildman–Crippen LogP) is 3.11. The number of hydrogen-bond acceptors (Lipinski definition) is 6. The summed E-state index contributed by atoms with van der Waals surface area (Å²) in [4.78, 5) is 21.7. The predicted molar refractivity (Wildman–Crippen MR) is 123 cm³/mol. The lowest BCUT2D eigenvalue weighted by atomic mass is 9.99. The van der Waals surface area contributed by atoms with Crippen LogP contribution in [0.2, 0.25) is 0 Å². The van der Waals surface area contributed by atoms with Gasteiger partial charge in [0.25, 0.3) is 0 Å². The summed E-state index contributed by atoms with van der Waals surface area (Å²) in [5.41, 5.74) is 9.42. The molecule has 2 aliphatic heterocycles. The molecule has 1 atom stereocenters. The third kappa shape index (κ3) is 3.60. The summed E-state index contributed by atoms with van der Waals surface area (Å²) in [7, 11) is 2.06. The SMILES string of the molecule is CN1c2c(N)nc3cc(Br)ccc3c2N(CC2CCOCC2)C1CNC(=O)C1CC1. The van der Waals surface area contributed by atoms with Crippen LogP contribution in [-0.4, -0.2) is 50.4 Å². The van der Waals surface area contributed by atoms with Crippen LogP contribution in [0.1, 0.15) is 25.7 Å². The van der Waals surface area contributed by atoms with Gasteiger partial charge in [0.2, 0.25) is 5.91 Å². The molecule has 0 bridgehead atoms. The van der Waals surface area contributed by atoms with Gasteiger partial charge in [-0.3, -0.25) is 4.79 Å². The Morgan fingerprint density at radius 2 is 2.03 bits per heavy atom. The minimum absolute atomic E-state index is 0.0175. The van der Waals surface area contributed by atoms with E-state index in [0.717, 1.165) is 72.2 Å². The smallest absolute Gasteiger partial charge is 0.223 e. The van der Waals surface area contributed by atoms with Crippen molar-refractivity contribution >= 4 is 49.9 Å². The largest absolute Gasteiger partial charge is 0.382 e. The molecule has 3 heterocycles. The number of halogens is 1. The summed E-state index contributed by atoms with van der Waals surface area (Å²) in [5, 5.41) is 4.27. The number of nitrogens with one attached hydrogen (secondary N) is 1. The molecule has 30 heavy (non-hydrogen) atoms. The van der Waals surface area contributed by atoms with Gasteiger partial charge in [-0.05, 0) is 49.8 Å². The zero-order valence-corrected chi connectivity index (χ0v) is 18.8. The minimum atomic E-state index is 0.0175. The number of hydrogen-bond donors (Lipinski definition) is 2. The Balaban J connectivity index is 1.53. The lowest BCUT2D eigenvalue weighted by Crippen LogP contribution is -2.51. The zero-order valence-electron chi connectivity index (χ0n) is 17.2. The van der Waals surface area contributed by atoms with E-state index >= 15 is 0 Å². The number of carbonyl (C=O) groups excluding carboxylic acids is 1. The molecule has 0 spiro atoms. The van der Waals surface area contributed by atoms with Crippen LogP contribution in [0.25, 0.3) is 10.9 Å². The third-order valence-electron chi connectivity index (χ3n) is 6.57. The van der Waals surface area contributed by atoms with E-state index < -0.39 is 0 Å². The number of ether oxygens (including phenoxy) is 1. The van der Waals surface area contributed by atoms with Gasteiger partial charge in [0.1, 0.15) is 17.7 Å². The first-order valence-corrected chi connectivity index (χ1v) is 11.6. The molecule has 5 rings (SSSR count). The van der Waals surface area contributed by atoms with Gasteiger partial charge in [0.15, 0.2) is 0 Å². The molecule has 1 aliphatic carbocycles. The number of nitrogens with two attached hydrogens (primary N) is 1. The monoisotopic (exact) mass is 473 g/mol. The Morgan fingerprint density at radius 1 is 1.27 bits per heavy atom. The summed E-state index contributed by atoms with van der Waals surface area (Å²) in [6.45, 7) is 3.12. The highest BCUT2D eigenvalue weighted by molar-refractivity contribution is 9.10. The number of pyridine rings is 1. The highest BCUT2D eigenvalue weighted by Crippen LogP contribution is 2.47. The second-order valence-corrected chi connectivity index (χ2v) is 9.59. The topological polar surface area (TPSA) is 83.7 Å². The van der Waals surface area contributed by atoms with Gasteiger partial charge in [-0.1, -0.05) is 15.9 Å². The molecule has 2 fully saturated rings. The molecule has 3 aliphatic rings. The summed E-state index contributed by atoms with van der Waals surface area (Å²) in [6.07, 6.45) is 4.15. The van der Waals surface area contributed by atoms with Crippen molar-refractivity contribution in [3.05, 3.63) is 22.7 Å². The van der Waals surface area contributed by atoms with E-state index in [2.05, 4.69) is 55.2 Å². The number of amides is 1. The summed E-state index contributed by atoms with van der Waals surface area (Å²) in [5.74, 6) is 1.46. The van der Waals surface area contributed by atoms with E-state index in [0.29, 0.717) is 18.3 Å². The molecule has 1 aromatic carbocycles. The van der Waals surface area contributed by atoms with Crippen LogP contribution >= 0.6 is 15.9 Å². The Hall–Kier alpha value is -2.06. The van der Waals surface area contributed by atoms with Gasteiger partial charge < -0.3 is 25.6 Å². The molecule has 8 heteroatoms. The molecule has 1 aromatic heterocycles. The van der Waals surface area contributed by atoms with Crippen LogP contribution in [0.5, 0.6) is 0 Å². The summed E-state index contributed by atoms with van der Waals surface area (Å²) >= 11 is 3.55. The van der Waals surface area contributed by atoms with Gasteiger partial charge in [0.05, 0.1) is 17.7 Å². The maximum Gasteiger partial charge on any atom is 0.223 e. The van der Waals surface area contributed by atoms with Crippen LogP contribution in [0, 0.1) is 11.8 Å². The minimum Gasteiger partial charge on any atom is -0.382 e. The second kappa shape index (κ2) is 7.89. The Kier molecular flexibility index (Phi) is 5.23. The van der Waals surface area contributed by atoms with Crippen molar-refractivity contribution in [2.24, 2.45) is 11.8 Å². The van der Waals surface area contributed by atoms with Crippen LogP contribution in [0.4, 0.5) is 17.2 Å². The Bertz CT molecular complexity index is 974. The molecule has 160 valence electrons. The lowest BCUT2D eigenvalue weighted by Gasteiger charge is -2.35. The van der Waals surface area contributed by atoms with E-state index in [9.17, 15) is 4.79 Å². The first-order valence-electron chi connectivity index (χ1n) is 10.8. The molecule has 7 nitrogen and oxygen atoms in total. The van der Waals surface area contributed by atoms with Crippen molar-refractivity contribution in [3.63, 3.8) is 0 Å². The molecule has 3 N–H and O–H groups in total. The molecule has 1 unspecified atom stereocenters. The normalized spacial score (nSPS) is 21.9. The summed E-state index contributed by atoms with van der Waals surface area (Å²) in [6, 6.07) is 6.18. The fraction of sp³-hybridized carbons (Fsp3) is 0.545. The van der Waals surface area contributed by atoms with Crippen LogP contribution < -0.4 is 20.9 Å². The second-order valence-electron chi connectivity index (χ2n) is 8.67. The van der Waals surface area contributed by atoms with Crippen molar-refractivity contribution in [2.45, 2.75) is 31.8 Å². The van der Waals surface area contributed by atoms with Gasteiger partial charge in [-0.2, -0.15) is 0 Å². The number of anilines is 3. The van der Waals surface area contributed by atoms with Crippen molar-refractivity contribution in [2.75, 3.05) is 48.9 Å². The number of benzene rings is 1. The van der Waals surface area contributed by atoms with Crippen LogP contribution in [0.15, 0.2) is 22.7 Å². The van der Waals surface area contributed by atoms with Crippen molar-refractivity contribution < 1.29 is 9.53 Å². The van der Waals surface area contributed by atoms with E-state index in [1.54, 1.807) is 0 Å². The number of fused-ring (bicyclic) bond motifs is 3. The molecule has 1 saturated heterocycles. The highest BCUT2D eigenvalue weighted by atomic mass is 79.9. The average molecular weight is 474 g/mol. The Labute approximate surface area is 185 Å². The quantitative estimate of drug-likeness (QED) is 0.693. The van der Waals surface area contributed by atoms with E-state index in [-0.39, 0.29) is 18.0 Å². The Morgan fingerprint density at radius 3 is 2.77 bits per heavy atom. The van der Waals surface area contributed by atoms with Crippen LogP contribution in [0.3, 0.4) is 0 Å². The van der Waals surface area contributed by atoms with Crippen molar-refractivity contribution in [1.82, 2.24) is 10.3 Å². The van der Waals surface area contributed by atoms with Crippen molar-refractivity contribution in [3.8, 4) is 0 Å². The van der Waals surface area contributed by atoms with Crippen molar-refractivity contribution in [1.29, 1.82) is 0 Å². The first-order chi connectivity index (χ1) is 14.5. The third-order valence-corrected chi connectivity index (χ3v) is 7.07. The average Bonchev–Trinajstić information content (AvgIpc) is 3.54. The number of nitrogens with zero attached hydrogens (tertiary/aromatic N) is 3. The number of nitrogen functional groups attached to an aromatic ring is 1. The van der Waals surface area contributed by atoms with Gasteiger partial charge >= 0.3 is 0 Å². The fourth-order valence-electron chi connectivity index (χ4n) is 4.72.